The van der Waals surface area contributed by atoms with Gasteiger partial charge >= 0.3 is 0 Å². The SMILES string of the molecule is N#Cc1nc(-c2cccs2)oc1-n1cccc1. The first-order valence-corrected chi connectivity index (χ1v) is 5.84. The van der Waals surface area contributed by atoms with Gasteiger partial charge in [-0.15, -0.1) is 11.3 Å². The van der Waals surface area contributed by atoms with E-state index in [2.05, 4.69) is 4.98 Å². The zero-order valence-corrected chi connectivity index (χ0v) is 9.52. The summed E-state index contributed by atoms with van der Waals surface area (Å²) < 4.78 is 7.37. The van der Waals surface area contributed by atoms with Crippen LogP contribution in [-0.2, 0) is 0 Å². The highest BCUT2D eigenvalue weighted by Crippen LogP contribution is 2.27. The molecule has 0 unspecified atom stereocenters. The maximum Gasteiger partial charge on any atom is 0.243 e. The summed E-state index contributed by atoms with van der Waals surface area (Å²) in [7, 11) is 0. The van der Waals surface area contributed by atoms with Gasteiger partial charge in [0, 0.05) is 12.4 Å². The predicted octanol–water partition coefficient (Wildman–Crippen LogP) is 3.07. The number of hydrogen-bond donors (Lipinski definition) is 0. The van der Waals surface area contributed by atoms with Gasteiger partial charge in [0.05, 0.1) is 4.88 Å². The minimum absolute atomic E-state index is 0.296. The van der Waals surface area contributed by atoms with Gasteiger partial charge in [0.1, 0.15) is 6.07 Å². The van der Waals surface area contributed by atoms with Gasteiger partial charge in [-0.3, -0.25) is 4.57 Å². The largest absolute Gasteiger partial charge is 0.417 e. The molecule has 82 valence electrons. The van der Waals surface area contributed by atoms with Gasteiger partial charge < -0.3 is 4.42 Å². The van der Waals surface area contributed by atoms with Crippen molar-refractivity contribution in [3.63, 3.8) is 0 Å². The van der Waals surface area contributed by atoms with Crippen LogP contribution in [0.2, 0.25) is 0 Å². The normalized spacial score (nSPS) is 10.3. The van der Waals surface area contributed by atoms with E-state index in [0.717, 1.165) is 4.88 Å². The summed E-state index contributed by atoms with van der Waals surface area (Å²) >= 11 is 1.53. The summed E-state index contributed by atoms with van der Waals surface area (Å²) in [5, 5.41) is 11.0. The number of nitrogens with zero attached hydrogens (tertiary/aromatic N) is 3. The first-order chi connectivity index (χ1) is 8.38. The molecule has 3 aromatic rings. The van der Waals surface area contributed by atoms with Crippen molar-refractivity contribution in [3.8, 4) is 22.7 Å². The van der Waals surface area contributed by atoms with Crippen molar-refractivity contribution in [2.45, 2.75) is 0 Å². The molecular weight excluding hydrogens is 234 g/mol. The van der Waals surface area contributed by atoms with Gasteiger partial charge in [-0.05, 0) is 23.6 Å². The predicted molar refractivity (Wildman–Crippen MR) is 63.9 cm³/mol. The average Bonchev–Trinajstić information content (AvgIpc) is 3.09. The van der Waals surface area contributed by atoms with Gasteiger partial charge in [0.2, 0.25) is 17.5 Å². The van der Waals surface area contributed by atoms with Crippen molar-refractivity contribution in [1.29, 1.82) is 5.26 Å². The fourth-order valence-corrected chi connectivity index (χ4v) is 2.18. The lowest BCUT2D eigenvalue weighted by molar-refractivity contribution is 0.547. The van der Waals surface area contributed by atoms with Crippen molar-refractivity contribution in [2.24, 2.45) is 0 Å². The monoisotopic (exact) mass is 241 g/mol. The van der Waals surface area contributed by atoms with Crippen LogP contribution < -0.4 is 0 Å². The molecule has 0 saturated carbocycles. The summed E-state index contributed by atoms with van der Waals surface area (Å²) in [5.74, 6) is 0.946. The summed E-state index contributed by atoms with van der Waals surface area (Å²) in [6.07, 6.45) is 3.64. The van der Waals surface area contributed by atoms with Crippen LogP contribution in [0.1, 0.15) is 5.69 Å². The topological polar surface area (TPSA) is 54.8 Å². The second kappa shape index (κ2) is 3.92. The zero-order chi connectivity index (χ0) is 11.7. The molecule has 0 aromatic carbocycles. The van der Waals surface area contributed by atoms with Crippen LogP contribution in [-0.4, -0.2) is 9.55 Å². The lowest BCUT2D eigenvalue weighted by atomic mass is 10.4. The van der Waals surface area contributed by atoms with Gasteiger partial charge in [0.15, 0.2) is 0 Å². The molecule has 0 aliphatic heterocycles. The fourth-order valence-electron chi connectivity index (χ4n) is 1.54. The van der Waals surface area contributed by atoms with Crippen molar-refractivity contribution in [3.05, 3.63) is 47.7 Å². The molecule has 3 rings (SSSR count). The molecule has 0 aliphatic carbocycles. The summed E-state index contributed by atoms with van der Waals surface area (Å²) in [6, 6.07) is 9.62. The quantitative estimate of drug-likeness (QED) is 0.692. The number of hydrogen-bond acceptors (Lipinski definition) is 4. The van der Waals surface area contributed by atoms with E-state index in [1.165, 1.54) is 11.3 Å². The zero-order valence-electron chi connectivity index (χ0n) is 8.70. The van der Waals surface area contributed by atoms with Crippen LogP contribution in [0.25, 0.3) is 16.7 Å². The van der Waals surface area contributed by atoms with Crippen molar-refractivity contribution < 1.29 is 4.42 Å². The smallest absolute Gasteiger partial charge is 0.243 e. The van der Waals surface area contributed by atoms with Gasteiger partial charge in [-0.2, -0.15) is 10.2 Å². The van der Waals surface area contributed by atoms with Crippen LogP contribution in [0.15, 0.2) is 46.5 Å². The van der Waals surface area contributed by atoms with E-state index in [0.29, 0.717) is 17.5 Å². The first kappa shape index (κ1) is 9.87. The molecule has 17 heavy (non-hydrogen) atoms. The van der Waals surface area contributed by atoms with E-state index in [1.54, 1.807) is 4.57 Å². The van der Waals surface area contributed by atoms with Crippen LogP contribution in [0.4, 0.5) is 0 Å². The summed E-state index contributed by atoms with van der Waals surface area (Å²) in [6.45, 7) is 0. The Balaban J connectivity index is 2.15. The van der Waals surface area contributed by atoms with Crippen LogP contribution in [0.5, 0.6) is 0 Å². The number of oxazole rings is 1. The Morgan fingerprint density at radius 3 is 2.76 bits per heavy atom. The Bertz CT molecular complexity index is 659. The Morgan fingerprint density at radius 1 is 1.29 bits per heavy atom. The van der Waals surface area contributed by atoms with Crippen LogP contribution in [0, 0.1) is 11.3 Å². The molecule has 0 bridgehead atoms. The third kappa shape index (κ3) is 1.65. The molecule has 3 heterocycles. The Morgan fingerprint density at radius 2 is 2.12 bits per heavy atom. The number of rotatable bonds is 2. The number of nitriles is 1. The highest BCUT2D eigenvalue weighted by molar-refractivity contribution is 7.13. The van der Waals surface area contributed by atoms with E-state index in [4.69, 9.17) is 9.68 Å². The van der Waals surface area contributed by atoms with E-state index in [9.17, 15) is 0 Å². The van der Waals surface area contributed by atoms with Crippen LogP contribution in [0.3, 0.4) is 0 Å². The first-order valence-electron chi connectivity index (χ1n) is 4.96. The minimum atomic E-state index is 0.296. The van der Waals surface area contributed by atoms with E-state index in [1.807, 2.05) is 48.1 Å². The molecular formula is C12H7N3OS. The number of aromatic nitrogens is 2. The molecule has 4 nitrogen and oxygen atoms in total. The number of thiophene rings is 1. The molecule has 0 spiro atoms. The van der Waals surface area contributed by atoms with Gasteiger partial charge in [-0.1, -0.05) is 6.07 Å². The second-order valence-electron chi connectivity index (χ2n) is 3.35. The Labute approximate surface area is 101 Å². The highest BCUT2D eigenvalue weighted by atomic mass is 32.1. The summed E-state index contributed by atoms with van der Waals surface area (Å²) in [4.78, 5) is 5.11. The summed E-state index contributed by atoms with van der Waals surface area (Å²) in [5.41, 5.74) is 0.296. The maximum absolute atomic E-state index is 9.05. The standard InChI is InChI=1S/C12H7N3OS/c13-8-9-12(15-5-1-2-6-15)16-11(14-9)10-4-3-7-17-10/h1-7H. The van der Waals surface area contributed by atoms with Crippen LogP contribution >= 0.6 is 11.3 Å². The average molecular weight is 241 g/mol. The molecule has 0 aliphatic rings. The van der Waals surface area contributed by atoms with Gasteiger partial charge in [-0.25, -0.2) is 0 Å². The van der Waals surface area contributed by atoms with Crippen molar-refractivity contribution in [2.75, 3.05) is 0 Å². The molecule has 0 saturated heterocycles. The Hall–Kier alpha value is -2.32. The lowest BCUT2D eigenvalue weighted by Crippen LogP contribution is -1.89. The lowest BCUT2D eigenvalue weighted by Gasteiger charge is -1.95. The fraction of sp³-hybridized carbons (Fsp3) is 0. The Kier molecular flexibility index (Phi) is 2.28. The van der Waals surface area contributed by atoms with Crippen molar-refractivity contribution in [1.82, 2.24) is 9.55 Å². The second-order valence-corrected chi connectivity index (χ2v) is 4.30. The molecule has 0 radical (unpaired) electrons. The third-order valence-electron chi connectivity index (χ3n) is 2.29. The molecule has 0 amide bonds. The molecule has 0 atom stereocenters. The molecule has 3 aromatic heterocycles. The third-order valence-corrected chi connectivity index (χ3v) is 3.14. The van der Waals surface area contributed by atoms with E-state index >= 15 is 0 Å². The van der Waals surface area contributed by atoms with E-state index < -0.39 is 0 Å². The van der Waals surface area contributed by atoms with Crippen molar-refractivity contribution >= 4 is 11.3 Å². The highest BCUT2D eigenvalue weighted by Gasteiger charge is 2.15. The van der Waals surface area contributed by atoms with Gasteiger partial charge in [0.25, 0.3) is 0 Å². The maximum atomic E-state index is 9.05. The molecule has 0 N–H and O–H groups in total. The molecule has 5 heteroatoms. The van der Waals surface area contributed by atoms with E-state index in [-0.39, 0.29) is 0 Å². The molecule has 0 fully saturated rings. The minimum Gasteiger partial charge on any atom is -0.417 e.